The van der Waals surface area contributed by atoms with Crippen LogP contribution in [0, 0.1) is 11.7 Å². The molecule has 1 saturated heterocycles. The van der Waals surface area contributed by atoms with Crippen LogP contribution in [0.3, 0.4) is 0 Å². The molecule has 5 rings (SSSR count). The number of nitrogens with zero attached hydrogens (tertiary/aromatic N) is 4. The fraction of sp³-hybridized carbons (Fsp3) is 0.435. The smallest absolute Gasteiger partial charge is 0.251 e. The lowest BCUT2D eigenvalue weighted by molar-refractivity contribution is 0.0895. The number of hydrogen-bond donors (Lipinski definition) is 1. The number of nitrogens with one attached hydrogen (secondary N) is 1. The van der Waals surface area contributed by atoms with E-state index < -0.39 is 0 Å². The molecule has 3 aromatic rings. The third-order valence-corrected chi connectivity index (χ3v) is 7.44. The molecule has 31 heavy (non-hydrogen) atoms. The van der Waals surface area contributed by atoms with Gasteiger partial charge in [-0.05, 0) is 67.9 Å². The summed E-state index contributed by atoms with van der Waals surface area (Å²) in [5.41, 5.74) is 1.78. The van der Waals surface area contributed by atoms with Gasteiger partial charge in [0.2, 0.25) is 0 Å². The predicted octanol–water partition coefficient (Wildman–Crippen LogP) is 4.64. The number of hydrogen-bond acceptors (Lipinski definition) is 5. The second-order valence-electron chi connectivity index (χ2n) is 8.51. The molecule has 0 spiro atoms. The van der Waals surface area contributed by atoms with E-state index in [0.29, 0.717) is 12.7 Å². The summed E-state index contributed by atoms with van der Waals surface area (Å²) in [4.78, 5) is 16.2. The van der Waals surface area contributed by atoms with Crippen LogP contribution >= 0.6 is 23.6 Å². The topological polar surface area (TPSA) is 55.1 Å². The van der Waals surface area contributed by atoms with E-state index in [1.165, 1.54) is 17.7 Å². The first kappa shape index (κ1) is 20.6. The van der Waals surface area contributed by atoms with Gasteiger partial charge in [0.05, 0.1) is 11.5 Å². The highest BCUT2D eigenvalue weighted by molar-refractivity contribution is 7.71. The van der Waals surface area contributed by atoms with E-state index in [-0.39, 0.29) is 11.9 Å². The molecule has 1 amide bonds. The highest BCUT2D eigenvalue weighted by Gasteiger charge is 2.30. The quantitative estimate of drug-likeness (QED) is 0.553. The summed E-state index contributed by atoms with van der Waals surface area (Å²) in [6.07, 6.45) is 4.24. The monoisotopic (exact) mass is 453 g/mol. The van der Waals surface area contributed by atoms with Crippen molar-refractivity contribution in [2.45, 2.75) is 51.4 Å². The summed E-state index contributed by atoms with van der Waals surface area (Å²) in [6.45, 7) is 4.53. The van der Waals surface area contributed by atoms with Crippen LogP contribution in [0.15, 0.2) is 41.8 Å². The molecule has 3 heterocycles. The molecule has 0 unspecified atom stereocenters. The van der Waals surface area contributed by atoms with Gasteiger partial charge >= 0.3 is 0 Å². The Hall–Kier alpha value is -2.29. The van der Waals surface area contributed by atoms with Gasteiger partial charge in [0.25, 0.3) is 5.91 Å². The Morgan fingerprint density at radius 3 is 2.61 bits per heavy atom. The number of likely N-dealkylation sites (tertiary alicyclic amines) is 1. The third kappa shape index (κ3) is 4.37. The first-order chi connectivity index (χ1) is 15.1. The zero-order chi connectivity index (χ0) is 21.4. The molecular weight excluding hydrogens is 426 g/mol. The average molecular weight is 454 g/mol. The first-order valence-electron chi connectivity index (χ1n) is 10.9. The second-order valence-corrected chi connectivity index (χ2v) is 9.82. The molecule has 0 bridgehead atoms. The summed E-state index contributed by atoms with van der Waals surface area (Å²) in [6, 6.07) is 12.6. The van der Waals surface area contributed by atoms with Crippen LogP contribution in [0.1, 0.15) is 47.6 Å². The van der Waals surface area contributed by atoms with Gasteiger partial charge in [-0.25, -0.2) is 4.68 Å². The van der Waals surface area contributed by atoms with Crippen LogP contribution in [0.4, 0.5) is 0 Å². The number of aryl methyl sites for hydroxylation is 1. The normalized spacial score (nSPS) is 17.7. The number of carbonyl (C=O) groups excluding carboxylic acids is 1. The maximum atomic E-state index is 12.6. The molecule has 6 nitrogen and oxygen atoms in total. The number of piperidine rings is 1. The lowest BCUT2D eigenvalue weighted by Crippen LogP contribution is -2.45. The van der Waals surface area contributed by atoms with Crippen molar-refractivity contribution in [3.63, 3.8) is 0 Å². The minimum absolute atomic E-state index is 0.0301. The van der Waals surface area contributed by atoms with Crippen LogP contribution in [0.5, 0.6) is 0 Å². The van der Waals surface area contributed by atoms with E-state index in [9.17, 15) is 4.79 Å². The third-order valence-electron chi connectivity index (χ3n) is 6.17. The van der Waals surface area contributed by atoms with Crippen molar-refractivity contribution in [3.8, 4) is 10.7 Å². The molecule has 2 fully saturated rings. The Bertz CT molecular complexity index is 1120. The van der Waals surface area contributed by atoms with Gasteiger partial charge in [0.1, 0.15) is 0 Å². The number of amides is 1. The number of aromatic nitrogens is 3. The van der Waals surface area contributed by atoms with E-state index in [1.54, 1.807) is 11.3 Å². The second kappa shape index (κ2) is 8.68. The van der Waals surface area contributed by atoms with Gasteiger partial charge in [-0.3, -0.25) is 14.3 Å². The molecule has 1 saturated carbocycles. The van der Waals surface area contributed by atoms with E-state index in [2.05, 4.69) is 32.3 Å². The minimum Gasteiger partial charge on any atom is -0.349 e. The molecule has 2 aliphatic rings. The maximum Gasteiger partial charge on any atom is 0.251 e. The summed E-state index contributed by atoms with van der Waals surface area (Å²) >= 11 is 7.51. The molecule has 162 valence electrons. The number of thiophene rings is 1. The van der Waals surface area contributed by atoms with E-state index in [4.69, 9.17) is 17.3 Å². The van der Waals surface area contributed by atoms with Gasteiger partial charge in [-0.1, -0.05) is 24.3 Å². The number of benzene rings is 1. The SMILES string of the molecule is Cc1ccccc1C(=O)NC1CCN(Cn2nc(-c3cccs3)n(C3CC3)c2=S)CC1. The van der Waals surface area contributed by atoms with Crippen molar-refractivity contribution in [2.75, 3.05) is 13.1 Å². The summed E-state index contributed by atoms with van der Waals surface area (Å²) < 4.78 is 5.05. The summed E-state index contributed by atoms with van der Waals surface area (Å²) in [5, 5.41) is 10.2. The van der Waals surface area contributed by atoms with Crippen LogP contribution in [-0.4, -0.2) is 44.3 Å². The highest BCUT2D eigenvalue weighted by atomic mass is 32.1. The molecule has 1 aliphatic heterocycles. The zero-order valence-electron chi connectivity index (χ0n) is 17.7. The van der Waals surface area contributed by atoms with Crippen molar-refractivity contribution in [1.82, 2.24) is 24.6 Å². The fourth-order valence-electron chi connectivity index (χ4n) is 4.25. The van der Waals surface area contributed by atoms with Crippen molar-refractivity contribution in [3.05, 3.63) is 57.7 Å². The van der Waals surface area contributed by atoms with Crippen molar-refractivity contribution in [2.24, 2.45) is 0 Å². The number of carbonyl (C=O) groups is 1. The Kier molecular flexibility index (Phi) is 5.77. The summed E-state index contributed by atoms with van der Waals surface area (Å²) in [7, 11) is 0. The molecule has 1 aliphatic carbocycles. The molecular formula is C23H27N5OS2. The van der Waals surface area contributed by atoms with Gasteiger partial charge < -0.3 is 5.32 Å². The van der Waals surface area contributed by atoms with Gasteiger partial charge in [-0.15, -0.1) is 16.4 Å². The van der Waals surface area contributed by atoms with Gasteiger partial charge in [0.15, 0.2) is 10.6 Å². The first-order valence-corrected chi connectivity index (χ1v) is 12.2. The van der Waals surface area contributed by atoms with Crippen molar-refractivity contribution < 1.29 is 4.79 Å². The molecule has 1 aromatic carbocycles. The Balaban J connectivity index is 1.22. The molecule has 0 atom stereocenters. The Labute approximate surface area is 191 Å². The molecule has 0 radical (unpaired) electrons. The van der Waals surface area contributed by atoms with Gasteiger partial charge in [-0.2, -0.15) is 0 Å². The molecule has 1 N–H and O–H groups in total. The molecule has 2 aromatic heterocycles. The summed E-state index contributed by atoms with van der Waals surface area (Å²) in [5.74, 6) is 1.03. The Morgan fingerprint density at radius 2 is 1.94 bits per heavy atom. The lowest BCUT2D eigenvalue weighted by Gasteiger charge is -2.32. The van der Waals surface area contributed by atoms with Crippen LogP contribution in [0.25, 0.3) is 10.7 Å². The van der Waals surface area contributed by atoms with E-state index in [0.717, 1.165) is 47.7 Å². The van der Waals surface area contributed by atoms with E-state index in [1.807, 2.05) is 35.9 Å². The van der Waals surface area contributed by atoms with Crippen molar-refractivity contribution in [1.29, 1.82) is 0 Å². The highest BCUT2D eigenvalue weighted by Crippen LogP contribution is 2.39. The van der Waals surface area contributed by atoms with Crippen molar-refractivity contribution >= 4 is 29.5 Å². The van der Waals surface area contributed by atoms with Crippen LogP contribution in [0.2, 0.25) is 0 Å². The standard InChI is InChI=1S/C23H27N5OS2/c1-16-5-2-3-6-19(16)22(29)24-17-10-12-26(13-11-17)15-27-23(30)28(18-8-9-18)21(25-27)20-7-4-14-31-20/h2-7,14,17-18H,8-13,15H2,1H3,(H,24,29). The molecule has 8 heteroatoms. The largest absolute Gasteiger partial charge is 0.349 e. The maximum absolute atomic E-state index is 12.6. The minimum atomic E-state index is 0.0301. The van der Waals surface area contributed by atoms with Crippen LogP contribution in [-0.2, 0) is 6.67 Å². The average Bonchev–Trinajstić information content (AvgIpc) is 3.35. The Morgan fingerprint density at radius 1 is 1.16 bits per heavy atom. The zero-order valence-corrected chi connectivity index (χ0v) is 19.3. The van der Waals surface area contributed by atoms with E-state index >= 15 is 0 Å². The van der Waals surface area contributed by atoms with Crippen LogP contribution < -0.4 is 5.32 Å². The fourth-order valence-corrected chi connectivity index (χ4v) is 5.29. The van der Waals surface area contributed by atoms with Gasteiger partial charge in [0, 0.05) is 30.7 Å². The lowest BCUT2D eigenvalue weighted by atomic mass is 10.0. The predicted molar refractivity (Wildman–Crippen MR) is 126 cm³/mol. The number of rotatable bonds is 6.